The van der Waals surface area contributed by atoms with E-state index < -0.39 is 5.91 Å². The Labute approximate surface area is 176 Å². The number of hydrazine groups is 1. The third-order valence-corrected chi connectivity index (χ3v) is 4.82. The highest BCUT2D eigenvalue weighted by atomic mass is 16.5. The average molecular weight is 406 g/mol. The Bertz CT molecular complexity index is 1010. The van der Waals surface area contributed by atoms with Crippen LogP contribution in [0, 0.1) is 13.8 Å². The van der Waals surface area contributed by atoms with E-state index in [-0.39, 0.29) is 18.9 Å². The van der Waals surface area contributed by atoms with Gasteiger partial charge in [0.15, 0.2) is 6.61 Å². The summed E-state index contributed by atoms with van der Waals surface area (Å²) >= 11 is 0. The second kappa shape index (κ2) is 9.73. The van der Waals surface area contributed by atoms with Gasteiger partial charge in [0, 0.05) is 11.3 Å². The van der Waals surface area contributed by atoms with Gasteiger partial charge in [0.25, 0.3) is 5.91 Å². The van der Waals surface area contributed by atoms with Crippen LogP contribution in [-0.2, 0) is 22.4 Å². The molecule has 7 nitrogen and oxygen atoms in total. The van der Waals surface area contributed by atoms with Crippen molar-refractivity contribution in [1.29, 1.82) is 0 Å². The Morgan fingerprint density at radius 2 is 1.63 bits per heavy atom. The Hall–Kier alpha value is -3.61. The van der Waals surface area contributed by atoms with Gasteiger partial charge in [-0.15, -0.1) is 0 Å². The van der Waals surface area contributed by atoms with Gasteiger partial charge in [0.1, 0.15) is 5.75 Å². The van der Waals surface area contributed by atoms with Gasteiger partial charge in [-0.1, -0.05) is 37.3 Å². The molecular weight excluding hydrogens is 380 g/mol. The highest BCUT2D eigenvalue weighted by Gasteiger charge is 2.16. The number of amides is 2. The van der Waals surface area contributed by atoms with Gasteiger partial charge >= 0.3 is 0 Å². The molecule has 0 fully saturated rings. The van der Waals surface area contributed by atoms with Crippen molar-refractivity contribution in [3.63, 3.8) is 0 Å². The minimum atomic E-state index is -0.434. The van der Waals surface area contributed by atoms with Crippen molar-refractivity contribution >= 4 is 11.8 Å². The number of hydrogen-bond acceptors (Lipinski definition) is 4. The van der Waals surface area contributed by atoms with Crippen molar-refractivity contribution < 1.29 is 14.3 Å². The predicted octanol–water partition coefficient (Wildman–Crippen LogP) is 2.82. The zero-order valence-electron chi connectivity index (χ0n) is 17.4. The van der Waals surface area contributed by atoms with Gasteiger partial charge in [0.2, 0.25) is 5.91 Å². The maximum absolute atomic E-state index is 12.3. The number of carbonyl (C=O) groups excluding carboxylic acids is 2. The molecule has 0 aliphatic rings. The van der Waals surface area contributed by atoms with E-state index >= 15 is 0 Å². The first-order chi connectivity index (χ1) is 14.5. The molecule has 30 heavy (non-hydrogen) atoms. The molecule has 3 rings (SSSR count). The number of rotatable bonds is 7. The molecule has 0 bridgehead atoms. The molecule has 0 saturated heterocycles. The number of aromatic nitrogens is 2. The Morgan fingerprint density at radius 1 is 0.967 bits per heavy atom. The van der Waals surface area contributed by atoms with E-state index in [0.29, 0.717) is 5.75 Å². The van der Waals surface area contributed by atoms with Gasteiger partial charge in [-0.05, 0) is 50.1 Å². The zero-order valence-corrected chi connectivity index (χ0v) is 17.4. The maximum atomic E-state index is 12.3. The van der Waals surface area contributed by atoms with Crippen molar-refractivity contribution in [1.82, 2.24) is 20.6 Å². The minimum Gasteiger partial charge on any atom is -0.484 e. The fourth-order valence-electron chi connectivity index (χ4n) is 3.10. The van der Waals surface area contributed by atoms with Crippen molar-refractivity contribution in [2.75, 3.05) is 6.61 Å². The molecule has 2 N–H and O–H groups in total. The first kappa shape index (κ1) is 21.1. The number of carbonyl (C=O) groups is 2. The molecule has 0 radical (unpaired) electrons. The van der Waals surface area contributed by atoms with Crippen LogP contribution in [0.3, 0.4) is 0 Å². The fourth-order valence-corrected chi connectivity index (χ4v) is 3.10. The molecule has 7 heteroatoms. The monoisotopic (exact) mass is 406 g/mol. The van der Waals surface area contributed by atoms with E-state index in [1.54, 1.807) is 0 Å². The number of hydrogen-bond donors (Lipinski definition) is 2. The number of nitrogens with one attached hydrogen (secondary N) is 2. The minimum absolute atomic E-state index is 0.115. The fraction of sp³-hybridized carbons (Fsp3) is 0.261. The average Bonchev–Trinajstić information content (AvgIpc) is 3.05. The summed E-state index contributed by atoms with van der Waals surface area (Å²) in [7, 11) is 0. The summed E-state index contributed by atoms with van der Waals surface area (Å²) in [6.45, 7) is 5.68. The van der Waals surface area contributed by atoms with Crippen LogP contribution < -0.4 is 15.6 Å². The van der Waals surface area contributed by atoms with Crippen LogP contribution >= 0.6 is 0 Å². The van der Waals surface area contributed by atoms with E-state index in [2.05, 4.69) is 22.9 Å². The van der Waals surface area contributed by atoms with Crippen molar-refractivity contribution in [2.24, 2.45) is 0 Å². The van der Waals surface area contributed by atoms with Crippen LogP contribution in [0.15, 0.2) is 54.6 Å². The Morgan fingerprint density at radius 3 is 2.30 bits per heavy atom. The van der Waals surface area contributed by atoms with Gasteiger partial charge < -0.3 is 4.74 Å². The molecule has 1 aromatic heterocycles. The van der Waals surface area contributed by atoms with Gasteiger partial charge in [0.05, 0.1) is 17.8 Å². The summed E-state index contributed by atoms with van der Waals surface area (Å²) in [5.74, 6) is -0.154. The quantitative estimate of drug-likeness (QED) is 0.591. The Balaban J connectivity index is 1.51. The smallest absolute Gasteiger partial charge is 0.276 e. The molecule has 2 aromatic carbocycles. The zero-order chi connectivity index (χ0) is 21.5. The normalized spacial score (nSPS) is 10.5. The van der Waals surface area contributed by atoms with Crippen LogP contribution in [0.2, 0.25) is 0 Å². The highest BCUT2D eigenvalue weighted by molar-refractivity contribution is 5.84. The number of nitrogens with zero attached hydrogens (tertiary/aromatic N) is 2. The second-order valence-electron chi connectivity index (χ2n) is 6.96. The lowest BCUT2D eigenvalue weighted by Crippen LogP contribution is -2.44. The summed E-state index contributed by atoms with van der Waals surface area (Å²) in [5.41, 5.74) is 9.44. The number of para-hydroxylation sites is 1. The third kappa shape index (κ3) is 5.26. The SMILES string of the molecule is CCc1ccc(OCC(=O)NNC(=O)Cc2c(C)nn(-c3ccccc3)c2C)cc1. The summed E-state index contributed by atoms with van der Waals surface area (Å²) in [6, 6.07) is 17.3. The highest BCUT2D eigenvalue weighted by Crippen LogP contribution is 2.18. The van der Waals surface area contributed by atoms with Crippen LogP contribution in [0.25, 0.3) is 5.69 Å². The lowest BCUT2D eigenvalue weighted by molar-refractivity contribution is -0.129. The molecule has 2 amide bonds. The number of benzene rings is 2. The molecule has 0 unspecified atom stereocenters. The molecule has 156 valence electrons. The molecule has 0 atom stereocenters. The first-order valence-electron chi connectivity index (χ1n) is 9.88. The molecule has 0 spiro atoms. The summed E-state index contributed by atoms with van der Waals surface area (Å²) in [4.78, 5) is 24.3. The van der Waals surface area contributed by atoms with Crippen LogP contribution in [-0.4, -0.2) is 28.2 Å². The summed E-state index contributed by atoms with van der Waals surface area (Å²) in [6.07, 6.45) is 1.06. The predicted molar refractivity (Wildman–Crippen MR) is 114 cm³/mol. The van der Waals surface area contributed by atoms with Gasteiger partial charge in [-0.3, -0.25) is 20.4 Å². The Kier molecular flexibility index (Phi) is 6.85. The molecule has 0 saturated carbocycles. The molecule has 3 aromatic rings. The lowest BCUT2D eigenvalue weighted by Gasteiger charge is -2.09. The number of aryl methyl sites for hydroxylation is 2. The molecule has 0 aliphatic carbocycles. The van der Waals surface area contributed by atoms with E-state index in [0.717, 1.165) is 29.1 Å². The second-order valence-corrected chi connectivity index (χ2v) is 6.96. The first-order valence-corrected chi connectivity index (χ1v) is 9.88. The largest absolute Gasteiger partial charge is 0.484 e. The van der Waals surface area contributed by atoms with Crippen LogP contribution in [0.1, 0.15) is 29.4 Å². The molecule has 1 heterocycles. The van der Waals surface area contributed by atoms with Gasteiger partial charge in [-0.25, -0.2) is 4.68 Å². The van der Waals surface area contributed by atoms with Crippen molar-refractivity contribution in [3.05, 3.63) is 77.1 Å². The number of ether oxygens (including phenoxy) is 1. The maximum Gasteiger partial charge on any atom is 0.276 e. The van der Waals surface area contributed by atoms with Crippen molar-refractivity contribution in [2.45, 2.75) is 33.6 Å². The summed E-state index contributed by atoms with van der Waals surface area (Å²) < 4.78 is 7.25. The third-order valence-electron chi connectivity index (χ3n) is 4.82. The topological polar surface area (TPSA) is 85.2 Å². The molecular formula is C23H26N4O3. The lowest BCUT2D eigenvalue weighted by atomic mass is 10.1. The van der Waals surface area contributed by atoms with Crippen LogP contribution in [0.5, 0.6) is 5.75 Å². The van der Waals surface area contributed by atoms with Crippen LogP contribution in [0.4, 0.5) is 0 Å². The van der Waals surface area contributed by atoms with E-state index in [1.165, 1.54) is 5.56 Å². The van der Waals surface area contributed by atoms with E-state index in [9.17, 15) is 9.59 Å². The summed E-state index contributed by atoms with van der Waals surface area (Å²) in [5, 5.41) is 4.53. The van der Waals surface area contributed by atoms with E-state index in [1.807, 2.05) is 73.1 Å². The van der Waals surface area contributed by atoms with E-state index in [4.69, 9.17) is 4.74 Å². The van der Waals surface area contributed by atoms with Gasteiger partial charge in [-0.2, -0.15) is 5.10 Å². The molecule has 0 aliphatic heterocycles. The van der Waals surface area contributed by atoms with Crippen molar-refractivity contribution in [3.8, 4) is 11.4 Å². The standard InChI is InChI=1S/C23H26N4O3/c1-4-18-10-12-20(13-11-18)30-15-23(29)25-24-22(28)14-21-16(2)26-27(17(21)3)19-8-6-5-7-9-19/h5-13H,4,14-15H2,1-3H3,(H,24,28)(H,25,29).